The molecular weight excluding hydrogens is 279 g/mol. The Morgan fingerprint density at radius 1 is 1.24 bits per heavy atom. The van der Waals surface area contributed by atoms with Crippen LogP contribution in [-0.2, 0) is 9.84 Å². The van der Waals surface area contributed by atoms with Gasteiger partial charge in [-0.3, -0.25) is 0 Å². The number of nitrogens with two attached hydrogens (primary N) is 1. The van der Waals surface area contributed by atoms with Gasteiger partial charge in [0.15, 0.2) is 0 Å². The van der Waals surface area contributed by atoms with Crippen LogP contribution in [0.25, 0.3) is 0 Å². The van der Waals surface area contributed by atoms with E-state index >= 15 is 0 Å². The molecule has 0 atom stereocenters. The number of rotatable bonds is 1. The molecule has 0 amide bonds. The van der Waals surface area contributed by atoms with Crippen molar-refractivity contribution in [2.75, 3.05) is 5.73 Å². The van der Waals surface area contributed by atoms with Crippen LogP contribution in [0.4, 0.5) is 18.9 Å². The minimum absolute atomic E-state index is 0.00359. The molecule has 8 heteroatoms. The molecule has 0 saturated carbocycles. The van der Waals surface area contributed by atoms with E-state index in [1.165, 1.54) is 0 Å². The highest BCUT2D eigenvalue weighted by atomic mass is 35.5. The predicted octanol–water partition coefficient (Wildman–Crippen LogP) is 3.24. The van der Waals surface area contributed by atoms with Crippen LogP contribution in [-0.4, -0.2) is 13.9 Å². The topological polar surface area (TPSA) is 60.2 Å². The molecule has 17 heavy (non-hydrogen) atoms. The van der Waals surface area contributed by atoms with E-state index in [1.807, 2.05) is 13.8 Å². The average Bonchev–Trinajstić information content (AvgIpc) is 2.23. The molecule has 1 aromatic rings. The van der Waals surface area contributed by atoms with Crippen LogP contribution in [0.2, 0.25) is 5.02 Å². The van der Waals surface area contributed by atoms with Gasteiger partial charge < -0.3 is 5.73 Å². The fraction of sp³-hybridized carbons (Fsp3) is 0.333. The smallest absolute Gasteiger partial charge is 0.397 e. The number of hydrogen-bond acceptors (Lipinski definition) is 3. The Bertz CT molecular complexity index is 486. The zero-order chi connectivity index (χ0) is 13.9. The van der Waals surface area contributed by atoms with Gasteiger partial charge in [-0.25, -0.2) is 8.42 Å². The van der Waals surface area contributed by atoms with Crippen molar-refractivity contribution in [1.29, 1.82) is 0 Å². The Hall–Kier alpha value is -0.950. The molecule has 0 unspecified atom stereocenters. The van der Waals surface area contributed by atoms with E-state index in [-0.39, 0.29) is 10.7 Å². The third kappa shape index (κ3) is 3.50. The van der Waals surface area contributed by atoms with Gasteiger partial charge in [-0.2, -0.15) is 13.2 Å². The van der Waals surface area contributed by atoms with Crippen molar-refractivity contribution in [3.8, 4) is 0 Å². The zero-order valence-electron chi connectivity index (χ0n) is 9.05. The number of benzene rings is 1. The van der Waals surface area contributed by atoms with Gasteiger partial charge in [0, 0.05) is 0 Å². The molecule has 0 spiro atoms. The summed E-state index contributed by atoms with van der Waals surface area (Å²) in [4.78, 5) is -0.920. The lowest BCUT2D eigenvalue weighted by Crippen LogP contribution is -2.23. The second-order valence-corrected chi connectivity index (χ2v) is 4.98. The van der Waals surface area contributed by atoms with Crippen molar-refractivity contribution in [3.05, 3.63) is 23.2 Å². The van der Waals surface area contributed by atoms with E-state index in [0.717, 1.165) is 12.1 Å². The SMILES string of the molecule is CC.Nc1cc(S(=O)(=O)C(F)(F)F)ccc1Cl. The van der Waals surface area contributed by atoms with E-state index in [4.69, 9.17) is 17.3 Å². The second-order valence-electron chi connectivity index (χ2n) is 2.63. The molecule has 98 valence electrons. The lowest BCUT2D eigenvalue weighted by atomic mass is 10.3. The molecule has 1 aromatic carbocycles. The molecular formula is C9H11ClF3NO2S. The molecule has 0 saturated heterocycles. The van der Waals surface area contributed by atoms with E-state index in [2.05, 4.69) is 0 Å². The largest absolute Gasteiger partial charge is 0.501 e. The van der Waals surface area contributed by atoms with E-state index in [9.17, 15) is 21.6 Å². The van der Waals surface area contributed by atoms with Crippen LogP contribution in [0.15, 0.2) is 23.1 Å². The highest BCUT2D eigenvalue weighted by molar-refractivity contribution is 7.92. The number of nitrogen functional groups attached to an aromatic ring is 1. The van der Waals surface area contributed by atoms with Gasteiger partial charge in [-0.15, -0.1) is 0 Å². The van der Waals surface area contributed by atoms with E-state index in [0.29, 0.717) is 6.07 Å². The minimum atomic E-state index is -5.35. The summed E-state index contributed by atoms with van der Waals surface area (Å²) in [5.74, 6) is 0. The molecule has 0 bridgehead atoms. The van der Waals surface area contributed by atoms with Gasteiger partial charge >= 0.3 is 5.51 Å². The van der Waals surface area contributed by atoms with E-state index < -0.39 is 20.2 Å². The molecule has 0 fully saturated rings. The monoisotopic (exact) mass is 289 g/mol. The number of hydrogen-bond donors (Lipinski definition) is 1. The molecule has 0 aliphatic heterocycles. The molecule has 0 aliphatic rings. The predicted molar refractivity (Wildman–Crippen MR) is 60.5 cm³/mol. The lowest BCUT2D eigenvalue weighted by Gasteiger charge is -2.08. The van der Waals surface area contributed by atoms with E-state index in [1.54, 1.807) is 0 Å². The normalized spacial score (nSPS) is 11.6. The second kappa shape index (κ2) is 5.59. The maximum Gasteiger partial charge on any atom is 0.501 e. The van der Waals surface area contributed by atoms with Crippen molar-refractivity contribution < 1.29 is 21.6 Å². The highest BCUT2D eigenvalue weighted by Gasteiger charge is 2.46. The Kier molecular flexibility index (Phi) is 5.28. The Morgan fingerprint density at radius 2 is 1.71 bits per heavy atom. The van der Waals surface area contributed by atoms with Crippen molar-refractivity contribution in [2.45, 2.75) is 24.3 Å². The quantitative estimate of drug-likeness (QED) is 0.807. The maximum atomic E-state index is 12.1. The zero-order valence-corrected chi connectivity index (χ0v) is 10.6. The van der Waals surface area contributed by atoms with Gasteiger partial charge in [0.2, 0.25) is 0 Å². The van der Waals surface area contributed by atoms with Gasteiger partial charge in [0.25, 0.3) is 9.84 Å². The van der Waals surface area contributed by atoms with Crippen molar-refractivity contribution in [2.24, 2.45) is 0 Å². The maximum absolute atomic E-state index is 12.1. The van der Waals surface area contributed by atoms with Crippen LogP contribution >= 0.6 is 11.6 Å². The molecule has 0 radical (unpaired) electrons. The molecule has 0 aliphatic carbocycles. The number of sulfone groups is 1. The molecule has 0 aromatic heterocycles. The van der Waals surface area contributed by atoms with Crippen molar-refractivity contribution in [3.63, 3.8) is 0 Å². The summed E-state index contributed by atoms with van der Waals surface area (Å²) in [6.07, 6.45) is 0. The third-order valence-corrected chi connectivity index (χ3v) is 3.41. The van der Waals surface area contributed by atoms with Gasteiger partial charge in [-0.1, -0.05) is 25.4 Å². The Morgan fingerprint density at radius 3 is 2.06 bits per heavy atom. The fourth-order valence-electron chi connectivity index (χ4n) is 0.823. The van der Waals surface area contributed by atoms with Crippen LogP contribution in [0.5, 0.6) is 0 Å². The van der Waals surface area contributed by atoms with Gasteiger partial charge in [0.1, 0.15) is 0 Å². The first kappa shape index (κ1) is 16.1. The van der Waals surface area contributed by atoms with Crippen molar-refractivity contribution in [1.82, 2.24) is 0 Å². The lowest BCUT2D eigenvalue weighted by molar-refractivity contribution is -0.0435. The summed E-state index contributed by atoms with van der Waals surface area (Å²) in [5, 5.41) is -0.00359. The van der Waals surface area contributed by atoms with Crippen LogP contribution in [0.3, 0.4) is 0 Å². The van der Waals surface area contributed by atoms with Crippen LogP contribution < -0.4 is 5.73 Å². The molecule has 3 nitrogen and oxygen atoms in total. The Balaban J connectivity index is 0.00000121. The first-order valence-corrected chi connectivity index (χ1v) is 6.39. The standard InChI is InChI=1S/C7H5ClF3NO2S.C2H6/c8-5-2-1-4(3-6(5)12)15(13,14)7(9,10)11;1-2/h1-3H,12H2;1-2H3. The number of anilines is 1. The first-order chi connectivity index (χ1) is 7.66. The number of alkyl halides is 3. The summed E-state index contributed by atoms with van der Waals surface area (Å²) >= 11 is 5.44. The summed E-state index contributed by atoms with van der Waals surface area (Å²) in [6, 6.07) is 2.42. The molecule has 2 N–H and O–H groups in total. The third-order valence-electron chi connectivity index (χ3n) is 1.58. The minimum Gasteiger partial charge on any atom is -0.397 e. The first-order valence-electron chi connectivity index (χ1n) is 4.52. The Labute approximate surface area is 102 Å². The summed E-state index contributed by atoms with van der Waals surface area (Å²) < 4.78 is 58.1. The summed E-state index contributed by atoms with van der Waals surface area (Å²) in [5.41, 5.74) is -0.364. The summed E-state index contributed by atoms with van der Waals surface area (Å²) in [6.45, 7) is 4.00. The number of halogens is 4. The summed E-state index contributed by atoms with van der Waals surface area (Å²) in [7, 11) is -5.35. The van der Waals surface area contributed by atoms with Crippen LogP contribution in [0.1, 0.15) is 13.8 Å². The van der Waals surface area contributed by atoms with Crippen LogP contribution in [0, 0.1) is 0 Å². The van der Waals surface area contributed by atoms with Gasteiger partial charge in [-0.05, 0) is 18.2 Å². The fourth-order valence-corrected chi connectivity index (χ4v) is 1.74. The highest BCUT2D eigenvalue weighted by Crippen LogP contribution is 2.32. The average molecular weight is 290 g/mol. The molecule has 0 heterocycles. The van der Waals surface area contributed by atoms with Crippen molar-refractivity contribution >= 4 is 27.1 Å². The molecule has 1 rings (SSSR count). The van der Waals surface area contributed by atoms with Gasteiger partial charge in [0.05, 0.1) is 15.6 Å².